The first-order chi connectivity index (χ1) is 7.65. The van der Waals surface area contributed by atoms with Crippen LogP contribution in [0.2, 0.25) is 0 Å². The van der Waals surface area contributed by atoms with Gasteiger partial charge in [-0.3, -0.25) is 4.79 Å². The fourth-order valence-electron chi connectivity index (χ4n) is 1.48. The summed E-state index contributed by atoms with van der Waals surface area (Å²) in [6.45, 7) is 0.791. The Kier molecular flexibility index (Phi) is 3.01. The maximum atomic E-state index is 12.6. The Morgan fingerprint density at radius 3 is 2.56 bits per heavy atom. The molecule has 0 bridgehead atoms. The zero-order valence-corrected chi connectivity index (χ0v) is 8.64. The monoisotopic (exact) mass is 221 g/mol. The van der Waals surface area contributed by atoms with Crippen LogP contribution in [0.1, 0.15) is 5.56 Å². The van der Waals surface area contributed by atoms with E-state index in [9.17, 15) is 9.18 Å². The van der Waals surface area contributed by atoms with Crippen LogP contribution in [-0.4, -0.2) is 35.1 Å². The molecule has 84 valence electrons. The molecule has 1 aromatic carbocycles. The van der Waals surface area contributed by atoms with Crippen LogP contribution in [0.3, 0.4) is 0 Å². The number of carbonyl (C=O) groups is 1. The highest BCUT2D eigenvalue weighted by Crippen LogP contribution is 2.09. The van der Waals surface area contributed by atoms with E-state index in [0.717, 1.165) is 5.56 Å². The second kappa shape index (κ2) is 4.45. The number of hydrogen-bond acceptors (Lipinski definition) is 2. The van der Waals surface area contributed by atoms with Gasteiger partial charge in [0.2, 0.25) is 5.91 Å². The fraction of sp³-hybridized carbons (Fsp3) is 0.250. The molecule has 1 N–H and O–H groups in total. The van der Waals surface area contributed by atoms with Gasteiger partial charge in [-0.05, 0) is 23.8 Å². The van der Waals surface area contributed by atoms with Crippen LogP contribution in [-0.2, 0) is 4.79 Å². The second-order valence-corrected chi connectivity index (χ2v) is 3.78. The summed E-state index contributed by atoms with van der Waals surface area (Å²) in [5.41, 5.74) is 0.774. The predicted octanol–water partition coefficient (Wildman–Crippen LogP) is 1.04. The van der Waals surface area contributed by atoms with Crippen molar-refractivity contribution in [2.75, 3.05) is 13.1 Å². The van der Waals surface area contributed by atoms with Crippen molar-refractivity contribution in [3.63, 3.8) is 0 Å². The Morgan fingerprint density at radius 2 is 2.00 bits per heavy atom. The van der Waals surface area contributed by atoms with Crippen LogP contribution >= 0.6 is 0 Å². The van der Waals surface area contributed by atoms with Gasteiger partial charge in [0.05, 0.1) is 6.10 Å². The van der Waals surface area contributed by atoms with Crippen LogP contribution in [0.4, 0.5) is 4.39 Å². The van der Waals surface area contributed by atoms with Gasteiger partial charge in [-0.2, -0.15) is 0 Å². The summed E-state index contributed by atoms with van der Waals surface area (Å²) in [6.07, 6.45) is 2.68. The summed E-state index contributed by atoms with van der Waals surface area (Å²) in [5, 5.41) is 9.02. The van der Waals surface area contributed by atoms with Gasteiger partial charge in [0.15, 0.2) is 0 Å². The standard InChI is InChI=1S/C12H12FNO2/c13-10-4-1-9(2-5-10)3-6-12(16)14-7-11(15)8-14/h1-6,11,15H,7-8H2. The molecule has 16 heavy (non-hydrogen) atoms. The van der Waals surface area contributed by atoms with E-state index in [4.69, 9.17) is 5.11 Å². The van der Waals surface area contributed by atoms with E-state index < -0.39 is 0 Å². The van der Waals surface area contributed by atoms with E-state index >= 15 is 0 Å². The molecular weight excluding hydrogens is 209 g/mol. The molecule has 1 aliphatic rings. The van der Waals surface area contributed by atoms with Gasteiger partial charge in [-0.15, -0.1) is 0 Å². The molecule has 0 aromatic heterocycles. The lowest BCUT2D eigenvalue weighted by Crippen LogP contribution is -2.52. The largest absolute Gasteiger partial charge is 0.389 e. The van der Waals surface area contributed by atoms with Crippen LogP contribution in [0, 0.1) is 5.82 Å². The molecule has 1 heterocycles. The Hall–Kier alpha value is -1.68. The van der Waals surface area contributed by atoms with Crippen molar-refractivity contribution in [2.45, 2.75) is 6.10 Å². The number of hydrogen-bond donors (Lipinski definition) is 1. The summed E-state index contributed by atoms with van der Waals surface area (Å²) in [6, 6.07) is 5.89. The second-order valence-electron chi connectivity index (χ2n) is 3.78. The molecule has 0 unspecified atom stereocenters. The lowest BCUT2D eigenvalue weighted by Gasteiger charge is -2.34. The average Bonchev–Trinajstić information content (AvgIpc) is 2.24. The lowest BCUT2D eigenvalue weighted by molar-refractivity contribution is -0.135. The zero-order chi connectivity index (χ0) is 11.5. The van der Waals surface area contributed by atoms with Crippen LogP contribution in [0.5, 0.6) is 0 Å². The number of likely N-dealkylation sites (tertiary alicyclic amines) is 1. The first kappa shape index (κ1) is 10.8. The SMILES string of the molecule is O=C(C=Cc1ccc(F)cc1)N1CC(O)C1. The summed E-state index contributed by atoms with van der Waals surface area (Å²) in [7, 11) is 0. The van der Waals surface area contributed by atoms with E-state index in [1.54, 1.807) is 23.1 Å². The van der Waals surface area contributed by atoms with Crippen LogP contribution in [0.15, 0.2) is 30.3 Å². The van der Waals surface area contributed by atoms with Crippen molar-refractivity contribution in [2.24, 2.45) is 0 Å². The number of halogens is 1. The number of aliphatic hydroxyl groups is 1. The summed E-state index contributed by atoms with van der Waals surface area (Å²) in [5.74, 6) is -0.427. The summed E-state index contributed by atoms with van der Waals surface area (Å²) in [4.78, 5) is 13.0. The van der Waals surface area contributed by atoms with Gasteiger partial charge >= 0.3 is 0 Å². The molecule has 0 saturated carbocycles. The van der Waals surface area contributed by atoms with Crippen molar-refractivity contribution < 1.29 is 14.3 Å². The Bertz CT molecular complexity index is 408. The van der Waals surface area contributed by atoms with Crippen LogP contribution in [0.25, 0.3) is 6.08 Å². The van der Waals surface area contributed by atoms with Crippen molar-refractivity contribution in [3.05, 3.63) is 41.7 Å². The summed E-state index contributed by atoms with van der Waals surface area (Å²) >= 11 is 0. The minimum Gasteiger partial charge on any atom is -0.389 e. The maximum Gasteiger partial charge on any atom is 0.246 e. The smallest absolute Gasteiger partial charge is 0.246 e. The third-order valence-electron chi connectivity index (χ3n) is 2.46. The number of aliphatic hydroxyl groups excluding tert-OH is 1. The molecule has 1 amide bonds. The van der Waals surface area contributed by atoms with Crippen LogP contribution < -0.4 is 0 Å². The first-order valence-electron chi connectivity index (χ1n) is 5.06. The van der Waals surface area contributed by atoms with Gasteiger partial charge in [0.1, 0.15) is 5.82 Å². The highest BCUT2D eigenvalue weighted by atomic mass is 19.1. The van der Waals surface area contributed by atoms with Crippen molar-refractivity contribution in [1.82, 2.24) is 4.90 Å². The number of carbonyl (C=O) groups excluding carboxylic acids is 1. The average molecular weight is 221 g/mol. The molecule has 0 atom stereocenters. The highest BCUT2D eigenvalue weighted by Gasteiger charge is 2.26. The quantitative estimate of drug-likeness (QED) is 0.758. The molecule has 0 radical (unpaired) electrons. The van der Waals surface area contributed by atoms with Crippen molar-refractivity contribution in [3.8, 4) is 0 Å². The Morgan fingerprint density at radius 1 is 1.38 bits per heavy atom. The van der Waals surface area contributed by atoms with Crippen molar-refractivity contribution in [1.29, 1.82) is 0 Å². The maximum absolute atomic E-state index is 12.6. The molecule has 1 saturated heterocycles. The van der Waals surface area contributed by atoms with Gasteiger partial charge in [-0.25, -0.2) is 4.39 Å². The van der Waals surface area contributed by atoms with E-state index in [0.29, 0.717) is 13.1 Å². The topological polar surface area (TPSA) is 40.5 Å². The normalized spacial score (nSPS) is 16.5. The van der Waals surface area contributed by atoms with Gasteiger partial charge in [0.25, 0.3) is 0 Å². The third kappa shape index (κ3) is 2.46. The van der Waals surface area contributed by atoms with Gasteiger partial charge < -0.3 is 10.0 Å². The third-order valence-corrected chi connectivity index (χ3v) is 2.46. The van der Waals surface area contributed by atoms with E-state index in [1.165, 1.54) is 18.2 Å². The molecule has 1 aromatic rings. The lowest BCUT2D eigenvalue weighted by atomic mass is 10.1. The van der Waals surface area contributed by atoms with Gasteiger partial charge in [0, 0.05) is 19.2 Å². The minimum atomic E-state index is -0.386. The molecule has 2 rings (SSSR count). The molecule has 0 aliphatic carbocycles. The molecule has 1 fully saturated rings. The number of amides is 1. The number of rotatable bonds is 2. The molecular formula is C12H12FNO2. The Balaban J connectivity index is 1.93. The predicted molar refractivity (Wildman–Crippen MR) is 58.0 cm³/mol. The number of benzene rings is 1. The molecule has 1 aliphatic heterocycles. The first-order valence-corrected chi connectivity index (χ1v) is 5.06. The number of β-amino-alcohol motifs (C(OH)–C–C–N with tert-alkyl or cyclic N) is 1. The van der Waals surface area contributed by atoms with E-state index in [1.807, 2.05) is 0 Å². The van der Waals surface area contributed by atoms with Crippen molar-refractivity contribution >= 4 is 12.0 Å². The minimum absolute atomic E-state index is 0.130. The number of nitrogens with zero attached hydrogens (tertiary/aromatic N) is 1. The van der Waals surface area contributed by atoms with Gasteiger partial charge in [-0.1, -0.05) is 12.1 Å². The Labute approximate surface area is 92.8 Å². The fourth-order valence-corrected chi connectivity index (χ4v) is 1.48. The highest BCUT2D eigenvalue weighted by molar-refractivity contribution is 5.92. The van der Waals surface area contributed by atoms with E-state index in [2.05, 4.69) is 0 Å². The summed E-state index contributed by atoms with van der Waals surface area (Å²) < 4.78 is 12.6. The zero-order valence-electron chi connectivity index (χ0n) is 8.64. The molecule has 3 nitrogen and oxygen atoms in total. The van der Waals surface area contributed by atoms with E-state index in [-0.39, 0.29) is 17.8 Å². The molecule has 0 spiro atoms. The molecule has 4 heteroatoms.